The van der Waals surface area contributed by atoms with Crippen LogP contribution in [0.2, 0.25) is 0 Å². The Morgan fingerprint density at radius 1 is 0.398 bits per heavy atom. The van der Waals surface area contributed by atoms with Gasteiger partial charge in [-0.15, -0.1) is 53.6 Å². The van der Waals surface area contributed by atoms with Crippen molar-refractivity contribution in [1.82, 2.24) is 9.55 Å². The first-order chi connectivity index (χ1) is 43.7. The summed E-state index contributed by atoms with van der Waals surface area (Å²) in [5.74, 6) is -8.73. The van der Waals surface area contributed by atoms with Crippen LogP contribution in [0.25, 0.3) is 83.3 Å². The van der Waals surface area contributed by atoms with Crippen LogP contribution in [0.4, 0.5) is 44.7 Å². The Labute approximate surface area is 556 Å². The van der Waals surface area contributed by atoms with Crippen molar-refractivity contribution in [3.63, 3.8) is 0 Å². The van der Waals surface area contributed by atoms with Crippen LogP contribution in [0.15, 0.2) is 200 Å². The molecule has 472 valence electrons. The molecule has 12 aromatic rings. The molecule has 0 fully saturated rings. The van der Waals surface area contributed by atoms with Gasteiger partial charge in [0.05, 0.1) is 5.56 Å². The van der Waals surface area contributed by atoms with E-state index >= 15 is 22.0 Å². The van der Waals surface area contributed by atoms with Gasteiger partial charge in [-0.2, -0.15) is 6.07 Å². The van der Waals surface area contributed by atoms with Gasteiger partial charge in [-0.1, -0.05) is 216 Å². The molecule has 1 aliphatic heterocycles. The van der Waals surface area contributed by atoms with Crippen molar-refractivity contribution in [3.8, 4) is 73.0 Å². The fraction of sp³-hybridized carbons (Fsp3) is 0.195. The van der Waals surface area contributed by atoms with Crippen LogP contribution in [-0.2, 0) is 42.7 Å². The van der Waals surface area contributed by atoms with E-state index in [-0.39, 0.29) is 48.6 Å². The van der Waals surface area contributed by atoms with E-state index in [1.165, 1.54) is 0 Å². The Hall–Kier alpha value is -9.11. The third-order valence-electron chi connectivity index (χ3n) is 17.5. The fourth-order valence-corrected chi connectivity index (χ4v) is 12.4. The molecule has 0 aliphatic carbocycles. The van der Waals surface area contributed by atoms with Crippen LogP contribution < -0.4 is 14.5 Å². The molecule has 11 heteroatoms. The molecule has 0 unspecified atom stereocenters. The van der Waals surface area contributed by atoms with Crippen molar-refractivity contribution in [3.05, 3.63) is 270 Å². The molecular weight excluding hydrogens is 1350 g/mol. The van der Waals surface area contributed by atoms with E-state index in [2.05, 4.69) is 158 Å². The number of benzene rings is 10. The number of aromatic nitrogens is 2. The Morgan fingerprint density at radius 3 is 1.52 bits per heavy atom. The summed E-state index contributed by atoms with van der Waals surface area (Å²) in [5.41, 5.74) is 11.2. The molecule has 10 aromatic carbocycles. The zero-order valence-corrected chi connectivity index (χ0v) is 56.3. The minimum Gasteiger partial charge on any atom is -0.509 e. The van der Waals surface area contributed by atoms with E-state index in [1.54, 1.807) is 6.07 Å². The standard InChI is InChI=1S/C82H70F5N4O.Pt/c1-79(2,3)53-36-37-88-70(45-53)91-66-31-20-19-28-62(66)63-35-34-58(47-69(63)91)92-59-41-52(71-60(49-24-15-13-16-25-49)29-23-30-61(71)50-26-17-14-18-27-50)40-57(46-59)89-48-90(68-33-22-21-32-67(68)89)78-64(51-38-54(80(4,5)6)42-55(39-51)81(7,8)9)43-56(82(10,11)12)44-65(78)72-73(83)75(85)77(87)76(86)74(72)84;/h13-45,48H,1-12H3;/q-3;. The molecule has 13 rings (SSSR count). The maximum absolute atomic E-state index is 17.1. The summed E-state index contributed by atoms with van der Waals surface area (Å²) < 4.78 is 90.6. The van der Waals surface area contributed by atoms with Gasteiger partial charge in [0.1, 0.15) is 5.82 Å². The van der Waals surface area contributed by atoms with Gasteiger partial charge in [0.2, 0.25) is 5.82 Å². The van der Waals surface area contributed by atoms with Gasteiger partial charge < -0.3 is 19.1 Å². The van der Waals surface area contributed by atoms with Gasteiger partial charge in [-0.25, -0.2) is 26.9 Å². The van der Waals surface area contributed by atoms with E-state index in [9.17, 15) is 0 Å². The maximum Gasteiger partial charge on any atom is 0.200 e. The molecule has 0 radical (unpaired) electrons. The first-order valence-corrected chi connectivity index (χ1v) is 31.0. The van der Waals surface area contributed by atoms with E-state index in [0.717, 1.165) is 77.7 Å². The molecular formula is C82H70F5N4OPt-3. The smallest absolute Gasteiger partial charge is 0.200 e. The quantitative estimate of drug-likeness (QED) is 0.0591. The van der Waals surface area contributed by atoms with Crippen molar-refractivity contribution < 1.29 is 47.8 Å². The summed E-state index contributed by atoms with van der Waals surface area (Å²) in [6.45, 7) is 27.0. The van der Waals surface area contributed by atoms with Crippen LogP contribution >= 0.6 is 0 Å². The summed E-state index contributed by atoms with van der Waals surface area (Å²) in [5, 5.41) is 1.99. The average molecular weight is 1420 g/mol. The molecule has 0 saturated heterocycles. The predicted octanol–water partition coefficient (Wildman–Crippen LogP) is 23.2. The summed E-state index contributed by atoms with van der Waals surface area (Å²) in [6, 6.07) is 71.9. The van der Waals surface area contributed by atoms with Crippen LogP contribution in [0, 0.1) is 47.9 Å². The zero-order chi connectivity index (χ0) is 64.9. The second-order valence-corrected chi connectivity index (χ2v) is 28.0. The number of para-hydroxylation sites is 3. The van der Waals surface area contributed by atoms with E-state index in [4.69, 9.17) is 9.72 Å². The summed E-state index contributed by atoms with van der Waals surface area (Å²) >= 11 is 0. The second-order valence-electron chi connectivity index (χ2n) is 28.0. The number of hydrogen-bond donors (Lipinski definition) is 0. The molecule has 0 N–H and O–H groups in total. The van der Waals surface area contributed by atoms with Crippen LogP contribution in [-0.4, -0.2) is 9.55 Å². The number of rotatable bonds is 10. The van der Waals surface area contributed by atoms with E-state index in [0.29, 0.717) is 45.3 Å². The number of fused-ring (bicyclic) bond motifs is 4. The minimum atomic E-state index is -2.24. The van der Waals surface area contributed by atoms with Crippen molar-refractivity contribution in [2.45, 2.75) is 105 Å². The zero-order valence-electron chi connectivity index (χ0n) is 54.0. The maximum atomic E-state index is 17.1. The Morgan fingerprint density at radius 2 is 0.925 bits per heavy atom. The molecule has 0 amide bonds. The average Bonchev–Trinajstić information content (AvgIpc) is 1.71. The number of halogens is 5. The number of pyridine rings is 1. The van der Waals surface area contributed by atoms with Crippen molar-refractivity contribution in [2.75, 3.05) is 9.80 Å². The predicted molar refractivity (Wildman–Crippen MR) is 366 cm³/mol. The Bertz CT molecular complexity index is 4760. The first kappa shape index (κ1) is 64.0. The van der Waals surface area contributed by atoms with Gasteiger partial charge >= 0.3 is 0 Å². The van der Waals surface area contributed by atoms with Gasteiger partial charge in [0.25, 0.3) is 0 Å². The minimum absolute atomic E-state index is 0. The van der Waals surface area contributed by atoms with Gasteiger partial charge in [-0.05, 0) is 125 Å². The topological polar surface area (TPSA) is 33.5 Å². The number of ether oxygens (including phenoxy) is 1. The molecule has 2 aromatic heterocycles. The fourth-order valence-electron chi connectivity index (χ4n) is 12.4. The molecule has 93 heavy (non-hydrogen) atoms. The van der Waals surface area contributed by atoms with Gasteiger partial charge in [0.15, 0.2) is 23.3 Å². The van der Waals surface area contributed by atoms with E-state index in [1.807, 2.05) is 153 Å². The second kappa shape index (κ2) is 24.1. The van der Waals surface area contributed by atoms with Gasteiger partial charge in [-0.3, -0.25) is 0 Å². The van der Waals surface area contributed by atoms with Crippen LogP contribution in [0.1, 0.15) is 105 Å². The normalized spacial score (nSPS) is 12.8. The van der Waals surface area contributed by atoms with Crippen molar-refractivity contribution in [1.29, 1.82) is 0 Å². The third-order valence-corrected chi connectivity index (χ3v) is 17.5. The van der Waals surface area contributed by atoms with Gasteiger partial charge in [0, 0.05) is 72.5 Å². The molecule has 1 aliphatic rings. The number of anilines is 4. The summed E-state index contributed by atoms with van der Waals surface area (Å²) in [4.78, 5) is 8.67. The Kier molecular flexibility index (Phi) is 16.6. The van der Waals surface area contributed by atoms with Crippen LogP contribution in [0.5, 0.6) is 11.5 Å². The van der Waals surface area contributed by atoms with E-state index < -0.39 is 40.1 Å². The Balaban J connectivity index is 0.00000832. The molecule has 3 heterocycles. The van der Waals surface area contributed by atoms with Crippen molar-refractivity contribution in [2.24, 2.45) is 0 Å². The molecule has 0 spiro atoms. The van der Waals surface area contributed by atoms with Crippen molar-refractivity contribution >= 4 is 44.6 Å². The number of nitrogens with zero attached hydrogens (tertiary/aromatic N) is 4. The third kappa shape index (κ3) is 11.9. The van der Waals surface area contributed by atoms with Crippen LogP contribution in [0.3, 0.4) is 0 Å². The number of hydrogen-bond acceptors (Lipinski definition) is 4. The molecule has 0 bridgehead atoms. The SMILES string of the molecule is CC(C)(C)c1cc(-c2cc(C(C)(C)C)cc(-c3c(F)c(F)c(F)c(F)c3F)c2N2[CH-]N(c3[c-]c(Oc4[c-]c5c(cc4)c4ccccc4n5-c4cc(C(C)(C)C)ccn4)cc(-c4c(-c5ccccc5)cccc4-c4ccccc4)c3)c3ccccc32)cc(C(C)(C)C)c1.[Pt]. The largest absolute Gasteiger partial charge is 0.509 e. The monoisotopic (exact) mass is 1420 g/mol. The molecule has 0 atom stereocenters. The summed E-state index contributed by atoms with van der Waals surface area (Å²) in [6.07, 6.45) is 1.85. The molecule has 0 saturated carbocycles. The molecule has 5 nitrogen and oxygen atoms in total. The summed E-state index contributed by atoms with van der Waals surface area (Å²) in [7, 11) is 0. The first-order valence-electron chi connectivity index (χ1n) is 31.0.